The van der Waals surface area contributed by atoms with E-state index in [1.165, 1.54) is 21.3 Å². The maximum absolute atomic E-state index is 13.7. The summed E-state index contributed by atoms with van der Waals surface area (Å²) in [5, 5.41) is 0. The number of urea groups is 1. The minimum absolute atomic E-state index is 0.123. The molecular formula is C20H20FN3O4S. The van der Waals surface area contributed by atoms with Gasteiger partial charge in [-0.1, -0.05) is 24.3 Å². The van der Waals surface area contributed by atoms with Crippen molar-refractivity contribution >= 4 is 27.6 Å². The van der Waals surface area contributed by atoms with Crippen molar-refractivity contribution in [3.8, 4) is 0 Å². The molecule has 1 atom stereocenters. The van der Waals surface area contributed by atoms with Crippen LogP contribution in [0, 0.1) is 12.7 Å². The number of halogens is 1. The van der Waals surface area contributed by atoms with Crippen molar-refractivity contribution in [2.75, 3.05) is 24.5 Å². The molecule has 0 spiro atoms. The van der Waals surface area contributed by atoms with E-state index in [9.17, 15) is 22.4 Å². The van der Waals surface area contributed by atoms with Crippen LogP contribution in [0.1, 0.15) is 12.0 Å². The SMILES string of the molecule is Cc1ccc(F)cc1S(=O)(=O)N1CCCN2C(=O)N(c3ccccc3)C(=O)C2C1. The number of hydrogen-bond acceptors (Lipinski definition) is 4. The number of carbonyl (C=O) groups excluding carboxylic acids is 2. The standard InChI is InChI=1S/C20H20FN3O4S/c1-14-8-9-15(21)12-18(14)29(27,28)22-10-5-11-23-17(13-22)19(25)24(20(23)26)16-6-3-2-4-7-16/h2-4,6-9,12,17H,5,10-11,13H2,1H3. The first kappa shape index (κ1) is 19.5. The lowest BCUT2D eigenvalue weighted by Gasteiger charge is -2.24. The quantitative estimate of drug-likeness (QED) is 0.719. The monoisotopic (exact) mass is 417 g/mol. The molecule has 2 aliphatic heterocycles. The molecule has 2 aliphatic rings. The number of anilines is 1. The number of imide groups is 1. The molecule has 0 bridgehead atoms. The van der Waals surface area contributed by atoms with Crippen LogP contribution in [0.5, 0.6) is 0 Å². The number of amides is 3. The van der Waals surface area contributed by atoms with Gasteiger partial charge in [-0.3, -0.25) is 4.79 Å². The minimum atomic E-state index is -4.02. The van der Waals surface area contributed by atoms with E-state index in [2.05, 4.69) is 0 Å². The molecule has 2 heterocycles. The number of aryl methyl sites for hydroxylation is 1. The molecule has 0 aromatic heterocycles. The lowest BCUT2D eigenvalue weighted by Crippen LogP contribution is -2.43. The minimum Gasteiger partial charge on any atom is -0.311 e. The highest BCUT2D eigenvalue weighted by atomic mass is 32.2. The summed E-state index contributed by atoms with van der Waals surface area (Å²) in [4.78, 5) is 28.2. The molecule has 3 amide bonds. The van der Waals surface area contributed by atoms with Crippen LogP contribution in [-0.2, 0) is 14.8 Å². The molecule has 152 valence electrons. The van der Waals surface area contributed by atoms with Gasteiger partial charge < -0.3 is 4.90 Å². The number of nitrogens with zero attached hydrogens (tertiary/aromatic N) is 3. The Balaban J connectivity index is 1.67. The number of hydrogen-bond donors (Lipinski definition) is 0. The lowest BCUT2D eigenvalue weighted by molar-refractivity contribution is -0.119. The molecule has 0 radical (unpaired) electrons. The van der Waals surface area contributed by atoms with Crippen LogP contribution in [0.2, 0.25) is 0 Å². The molecule has 4 rings (SSSR count). The van der Waals surface area contributed by atoms with Crippen molar-refractivity contribution in [2.45, 2.75) is 24.3 Å². The van der Waals surface area contributed by atoms with Gasteiger partial charge in [0.05, 0.1) is 10.6 Å². The summed E-state index contributed by atoms with van der Waals surface area (Å²) in [6.45, 7) is 1.86. The maximum atomic E-state index is 13.7. The van der Waals surface area contributed by atoms with E-state index in [-0.39, 0.29) is 24.5 Å². The van der Waals surface area contributed by atoms with E-state index in [4.69, 9.17) is 0 Å². The molecule has 0 aliphatic carbocycles. The fourth-order valence-electron chi connectivity index (χ4n) is 3.79. The van der Waals surface area contributed by atoms with E-state index < -0.39 is 33.8 Å². The van der Waals surface area contributed by atoms with Gasteiger partial charge in [0.25, 0.3) is 5.91 Å². The first-order chi connectivity index (χ1) is 13.8. The molecule has 29 heavy (non-hydrogen) atoms. The Morgan fingerprint density at radius 3 is 2.48 bits per heavy atom. The zero-order chi connectivity index (χ0) is 20.8. The van der Waals surface area contributed by atoms with Crippen molar-refractivity contribution in [3.63, 3.8) is 0 Å². The third-order valence-corrected chi connectivity index (χ3v) is 7.29. The second kappa shape index (κ2) is 7.23. The zero-order valence-electron chi connectivity index (χ0n) is 15.8. The number of carbonyl (C=O) groups is 2. The van der Waals surface area contributed by atoms with E-state index in [0.29, 0.717) is 17.7 Å². The van der Waals surface area contributed by atoms with Crippen LogP contribution in [0.3, 0.4) is 0 Å². The zero-order valence-corrected chi connectivity index (χ0v) is 16.6. The second-order valence-corrected chi connectivity index (χ2v) is 9.03. The molecule has 2 fully saturated rings. The van der Waals surface area contributed by atoms with Crippen molar-refractivity contribution in [2.24, 2.45) is 0 Å². The summed E-state index contributed by atoms with van der Waals surface area (Å²) in [5.41, 5.74) is 0.873. The van der Waals surface area contributed by atoms with Gasteiger partial charge >= 0.3 is 6.03 Å². The van der Waals surface area contributed by atoms with Crippen LogP contribution >= 0.6 is 0 Å². The van der Waals surface area contributed by atoms with Crippen molar-refractivity contribution in [1.82, 2.24) is 9.21 Å². The largest absolute Gasteiger partial charge is 0.332 e. The van der Waals surface area contributed by atoms with E-state index in [1.807, 2.05) is 0 Å². The molecule has 0 N–H and O–H groups in total. The number of para-hydroxylation sites is 1. The first-order valence-corrected chi connectivity index (χ1v) is 10.7. The van der Waals surface area contributed by atoms with E-state index in [0.717, 1.165) is 11.0 Å². The van der Waals surface area contributed by atoms with Gasteiger partial charge in [0.2, 0.25) is 10.0 Å². The molecule has 0 saturated carbocycles. The Hall–Kier alpha value is -2.78. The predicted molar refractivity (Wildman–Crippen MR) is 104 cm³/mol. The second-order valence-electron chi connectivity index (χ2n) is 7.13. The van der Waals surface area contributed by atoms with Crippen molar-refractivity contribution in [3.05, 3.63) is 59.9 Å². The normalized spacial score (nSPS) is 20.7. The lowest BCUT2D eigenvalue weighted by atomic mass is 10.2. The number of fused-ring (bicyclic) bond motifs is 1. The van der Waals surface area contributed by atoms with Gasteiger partial charge in [-0.15, -0.1) is 0 Å². The van der Waals surface area contributed by atoms with Crippen molar-refractivity contribution in [1.29, 1.82) is 0 Å². The fraction of sp³-hybridized carbons (Fsp3) is 0.300. The van der Waals surface area contributed by atoms with Gasteiger partial charge in [-0.2, -0.15) is 4.31 Å². The Bertz CT molecular complexity index is 1070. The molecular weight excluding hydrogens is 397 g/mol. The molecule has 2 saturated heterocycles. The summed E-state index contributed by atoms with van der Waals surface area (Å²) < 4.78 is 41.2. The van der Waals surface area contributed by atoms with Gasteiger partial charge in [0.1, 0.15) is 11.9 Å². The Morgan fingerprint density at radius 2 is 1.76 bits per heavy atom. The predicted octanol–water partition coefficient (Wildman–Crippen LogP) is 2.37. The first-order valence-electron chi connectivity index (χ1n) is 9.26. The van der Waals surface area contributed by atoms with Gasteiger partial charge in [-0.05, 0) is 43.2 Å². The molecule has 7 nitrogen and oxygen atoms in total. The van der Waals surface area contributed by atoms with Crippen LogP contribution in [0.4, 0.5) is 14.9 Å². The highest BCUT2D eigenvalue weighted by Gasteiger charge is 2.48. The highest BCUT2D eigenvalue weighted by Crippen LogP contribution is 2.30. The number of sulfonamides is 1. The third kappa shape index (κ3) is 3.30. The fourth-order valence-corrected chi connectivity index (χ4v) is 5.51. The summed E-state index contributed by atoms with van der Waals surface area (Å²) in [7, 11) is -4.02. The Kier molecular flexibility index (Phi) is 4.87. The van der Waals surface area contributed by atoms with Gasteiger partial charge in [-0.25, -0.2) is 22.5 Å². The Morgan fingerprint density at radius 1 is 1.03 bits per heavy atom. The molecule has 1 unspecified atom stereocenters. The van der Waals surface area contributed by atoms with E-state index in [1.54, 1.807) is 37.3 Å². The highest BCUT2D eigenvalue weighted by molar-refractivity contribution is 7.89. The smallest absolute Gasteiger partial charge is 0.311 e. The average molecular weight is 417 g/mol. The Labute approximate surface area is 168 Å². The third-order valence-electron chi connectivity index (χ3n) is 5.28. The van der Waals surface area contributed by atoms with Crippen LogP contribution in [0.15, 0.2) is 53.4 Å². The topological polar surface area (TPSA) is 78.0 Å². The van der Waals surface area contributed by atoms with Crippen LogP contribution < -0.4 is 4.90 Å². The molecule has 9 heteroatoms. The molecule has 2 aromatic rings. The molecule has 2 aromatic carbocycles. The van der Waals surface area contributed by atoms with Gasteiger partial charge in [0.15, 0.2) is 0 Å². The summed E-state index contributed by atoms with van der Waals surface area (Å²) in [6, 6.07) is 10.8. The summed E-state index contributed by atoms with van der Waals surface area (Å²) >= 11 is 0. The van der Waals surface area contributed by atoms with E-state index >= 15 is 0 Å². The maximum Gasteiger partial charge on any atom is 0.332 e. The number of rotatable bonds is 3. The average Bonchev–Trinajstić information content (AvgIpc) is 2.86. The van der Waals surface area contributed by atoms with Gasteiger partial charge in [0, 0.05) is 19.6 Å². The number of benzene rings is 2. The van der Waals surface area contributed by atoms with Crippen LogP contribution in [0.25, 0.3) is 0 Å². The summed E-state index contributed by atoms with van der Waals surface area (Å²) in [6.07, 6.45) is 0.381. The summed E-state index contributed by atoms with van der Waals surface area (Å²) in [5.74, 6) is -1.10. The van der Waals surface area contributed by atoms with Crippen molar-refractivity contribution < 1.29 is 22.4 Å². The van der Waals surface area contributed by atoms with Crippen LogP contribution in [-0.4, -0.2) is 55.2 Å².